The summed E-state index contributed by atoms with van der Waals surface area (Å²) in [5.41, 5.74) is 2.10. The van der Waals surface area contributed by atoms with Crippen LogP contribution in [0.4, 0.5) is 0 Å². The minimum Gasteiger partial charge on any atom is -0.357 e. The van der Waals surface area contributed by atoms with E-state index in [2.05, 4.69) is 25.6 Å². The summed E-state index contributed by atoms with van der Waals surface area (Å²) in [6.07, 6.45) is 9.01. The SMILES string of the molecule is CCNC(=NCc1ccnc(-n2ccnc2)c1)NCCc1ccc(S(C)(=O)=O)cc1. The molecule has 0 saturated carbocycles. The van der Waals surface area contributed by atoms with Crippen LogP contribution in [-0.2, 0) is 22.8 Å². The van der Waals surface area contributed by atoms with Gasteiger partial charge < -0.3 is 10.6 Å². The Balaban J connectivity index is 1.58. The number of nitrogens with one attached hydrogen (secondary N) is 2. The van der Waals surface area contributed by atoms with Crippen molar-refractivity contribution < 1.29 is 8.42 Å². The molecule has 0 aliphatic heterocycles. The van der Waals surface area contributed by atoms with Gasteiger partial charge in [-0.15, -0.1) is 0 Å². The van der Waals surface area contributed by atoms with Crippen LogP contribution in [0.5, 0.6) is 0 Å². The topological polar surface area (TPSA) is 101 Å². The third-order valence-electron chi connectivity index (χ3n) is 4.40. The zero-order valence-electron chi connectivity index (χ0n) is 17.1. The van der Waals surface area contributed by atoms with Gasteiger partial charge in [0.05, 0.1) is 11.4 Å². The molecular weight excluding hydrogens is 400 g/mol. The first kappa shape index (κ1) is 21.5. The molecule has 3 rings (SSSR count). The van der Waals surface area contributed by atoms with Gasteiger partial charge in [0.1, 0.15) is 12.1 Å². The van der Waals surface area contributed by atoms with Gasteiger partial charge in [0, 0.05) is 37.9 Å². The third-order valence-corrected chi connectivity index (χ3v) is 5.53. The first-order valence-electron chi connectivity index (χ1n) is 9.70. The third kappa shape index (κ3) is 6.15. The van der Waals surface area contributed by atoms with E-state index in [1.165, 1.54) is 6.26 Å². The van der Waals surface area contributed by atoms with Gasteiger partial charge in [-0.05, 0) is 48.7 Å². The Morgan fingerprint density at radius 3 is 2.57 bits per heavy atom. The standard InChI is InChI=1S/C21H26N6O2S/c1-3-23-21(25-11-8-17-4-6-19(7-5-17)30(2,28)29)26-15-18-9-10-24-20(14-18)27-13-12-22-16-27/h4-7,9-10,12-14,16H,3,8,11,15H2,1-2H3,(H2,23,25,26). The number of benzene rings is 1. The highest BCUT2D eigenvalue weighted by Crippen LogP contribution is 2.11. The maximum absolute atomic E-state index is 11.6. The second kappa shape index (κ2) is 10.0. The number of aromatic nitrogens is 3. The Kier molecular flexibility index (Phi) is 7.18. The smallest absolute Gasteiger partial charge is 0.191 e. The molecule has 158 valence electrons. The van der Waals surface area contributed by atoms with Crippen LogP contribution in [0.1, 0.15) is 18.1 Å². The van der Waals surface area contributed by atoms with Crippen LogP contribution in [-0.4, -0.2) is 48.3 Å². The molecule has 2 aromatic heterocycles. The van der Waals surface area contributed by atoms with Crippen molar-refractivity contribution >= 4 is 15.8 Å². The van der Waals surface area contributed by atoms with E-state index < -0.39 is 9.84 Å². The van der Waals surface area contributed by atoms with E-state index in [0.717, 1.165) is 35.9 Å². The molecule has 30 heavy (non-hydrogen) atoms. The molecule has 8 nitrogen and oxygen atoms in total. The Hall–Kier alpha value is -3.20. The second-order valence-electron chi connectivity index (χ2n) is 6.78. The van der Waals surface area contributed by atoms with Crippen molar-refractivity contribution in [2.45, 2.75) is 24.8 Å². The van der Waals surface area contributed by atoms with Gasteiger partial charge in [0.2, 0.25) is 0 Å². The lowest BCUT2D eigenvalue weighted by Crippen LogP contribution is -2.38. The van der Waals surface area contributed by atoms with E-state index >= 15 is 0 Å². The van der Waals surface area contributed by atoms with Gasteiger partial charge in [-0.25, -0.2) is 23.4 Å². The van der Waals surface area contributed by atoms with Gasteiger partial charge in [-0.3, -0.25) is 4.57 Å². The molecule has 0 bridgehead atoms. The predicted octanol–water partition coefficient (Wildman–Crippen LogP) is 1.97. The van der Waals surface area contributed by atoms with Gasteiger partial charge >= 0.3 is 0 Å². The number of aliphatic imine (C=N–C) groups is 1. The van der Waals surface area contributed by atoms with E-state index in [1.54, 1.807) is 30.9 Å². The van der Waals surface area contributed by atoms with Crippen molar-refractivity contribution in [3.8, 4) is 5.82 Å². The minimum atomic E-state index is -3.17. The number of guanidine groups is 1. The highest BCUT2D eigenvalue weighted by Gasteiger charge is 2.06. The summed E-state index contributed by atoms with van der Waals surface area (Å²) < 4.78 is 25.0. The summed E-state index contributed by atoms with van der Waals surface area (Å²) in [6, 6.07) is 10.9. The average Bonchev–Trinajstić information content (AvgIpc) is 3.27. The van der Waals surface area contributed by atoms with Gasteiger partial charge in [0.15, 0.2) is 15.8 Å². The van der Waals surface area contributed by atoms with Crippen molar-refractivity contribution in [1.29, 1.82) is 0 Å². The summed E-state index contributed by atoms with van der Waals surface area (Å²) in [7, 11) is -3.17. The fourth-order valence-corrected chi connectivity index (χ4v) is 3.47. The van der Waals surface area contributed by atoms with Crippen LogP contribution in [0.25, 0.3) is 5.82 Å². The number of nitrogens with zero attached hydrogens (tertiary/aromatic N) is 4. The number of hydrogen-bond donors (Lipinski definition) is 2. The zero-order chi connectivity index (χ0) is 21.4. The fraction of sp³-hybridized carbons (Fsp3) is 0.286. The largest absolute Gasteiger partial charge is 0.357 e. The summed E-state index contributed by atoms with van der Waals surface area (Å²) in [5.74, 6) is 1.53. The molecule has 0 spiro atoms. The number of pyridine rings is 1. The van der Waals surface area contributed by atoms with Gasteiger partial charge in [-0.1, -0.05) is 12.1 Å². The van der Waals surface area contributed by atoms with E-state index in [1.807, 2.05) is 42.0 Å². The molecule has 0 atom stereocenters. The molecule has 0 radical (unpaired) electrons. The highest BCUT2D eigenvalue weighted by atomic mass is 32.2. The first-order valence-corrected chi connectivity index (χ1v) is 11.6. The maximum Gasteiger partial charge on any atom is 0.191 e. The maximum atomic E-state index is 11.6. The van der Waals surface area contributed by atoms with Crippen molar-refractivity contribution in [1.82, 2.24) is 25.2 Å². The van der Waals surface area contributed by atoms with Crippen molar-refractivity contribution in [2.24, 2.45) is 4.99 Å². The molecule has 0 fully saturated rings. The Bertz CT molecular complexity index is 1080. The van der Waals surface area contributed by atoms with Crippen LogP contribution in [0, 0.1) is 0 Å². The summed E-state index contributed by atoms with van der Waals surface area (Å²) in [4.78, 5) is 13.4. The summed E-state index contributed by atoms with van der Waals surface area (Å²) >= 11 is 0. The number of imidazole rings is 1. The summed E-state index contributed by atoms with van der Waals surface area (Å²) in [5, 5.41) is 6.56. The molecule has 0 aliphatic carbocycles. The normalized spacial score (nSPS) is 12.0. The molecule has 3 aromatic rings. The molecule has 0 unspecified atom stereocenters. The molecule has 0 saturated heterocycles. The molecule has 0 amide bonds. The molecular formula is C21H26N6O2S. The number of rotatable bonds is 8. The lowest BCUT2D eigenvalue weighted by atomic mass is 10.1. The summed E-state index contributed by atoms with van der Waals surface area (Å²) in [6.45, 7) is 3.97. The molecule has 2 N–H and O–H groups in total. The van der Waals surface area contributed by atoms with E-state index in [-0.39, 0.29) is 0 Å². The molecule has 0 aliphatic rings. The molecule has 2 heterocycles. The van der Waals surface area contributed by atoms with Crippen LogP contribution in [0.2, 0.25) is 0 Å². The van der Waals surface area contributed by atoms with Crippen LogP contribution >= 0.6 is 0 Å². The lowest BCUT2D eigenvalue weighted by molar-refractivity contribution is 0.602. The lowest BCUT2D eigenvalue weighted by Gasteiger charge is -2.12. The Morgan fingerprint density at radius 2 is 1.90 bits per heavy atom. The van der Waals surface area contributed by atoms with Crippen molar-refractivity contribution in [3.63, 3.8) is 0 Å². The van der Waals surface area contributed by atoms with Gasteiger partial charge in [-0.2, -0.15) is 0 Å². The predicted molar refractivity (Wildman–Crippen MR) is 117 cm³/mol. The highest BCUT2D eigenvalue weighted by molar-refractivity contribution is 7.90. The van der Waals surface area contributed by atoms with Crippen LogP contribution in [0.15, 0.2) is 71.2 Å². The van der Waals surface area contributed by atoms with Crippen molar-refractivity contribution in [2.75, 3.05) is 19.3 Å². The number of hydrogen-bond acceptors (Lipinski definition) is 5. The zero-order valence-corrected chi connectivity index (χ0v) is 17.9. The first-order chi connectivity index (χ1) is 14.5. The quantitative estimate of drug-likeness (QED) is 0.422. The van der Waals surface area contributed by atoms with E-state index in [0.29, 0.717) is 18.0 Å². The minimum absolute atomic E-state index is 0.335. The second-order valence-corrected chi connectivity index (χ2v) is 8.80. The molecule has 9 heteroatoms. The Labute approximate surface area is 177 Å². The monoisotopic (exact) mass is 426 g/mol. The van der Waals surface area contributed by atoms with Crippen LogP contribution in [0.3, 0.4) is 0 Å². The average molecular weight is 427 g/mol. The van der Waals surface area contributed by atoms with Crippen LogP contribution < -0.4 is 10.6 Å². The Morgan fingerprint density at radius 1 is 1.10 bits per heavy atom. The fourth-order valence-electron chi connectivity index (χ4n) is 2.84. The van der Waals surface area contributed by atoms with E-state index in [9.17, 15) is 8.42 Å². The van der Waals surface area contributed by atoms with Crippen molar-refractivity contribution in [3.05, 3.63) is 72.4 Å². The van der Waals surface area contributed by atoms with Gasteiger partial charge in [0.25, 0.3) is 0 Å². The number of sulfone groups is 1. The van der Waals surface area contributed by atoms with E-state index in [4.69, 9.17) is 0 Å². The molecule has 1 aromatic carbocycles.